The van der Waals surface area contributed by atoms with Crippen LogP contribution in [-0.2, 0) is 20.7 Å². The van der Waals surface area contributed by atoms with Crippen LogP contribution in [0.2, 0.25) is 0 Å². The Bertz CT molecular complexity index is 784. The second kappa shape index (κ2) is 11.0. The number of carbonyl (C=O) groups excluding carboxylic acids is 2. The van der Waals surface area contributed by atoms with Crippen LogP contribution in [0.4, 0.5) is 11.4 Å². The maximum Gasteiger partial charge on any atom is 1.00 e. The quantitative estimate of drug-likeness (QED) is 0.250. The largest absolute Gasteiger partial charge is 1.00 e. The first-order chi connectivity index (χ1) is 13.6. The maximum absolute atomic E-state index is 12.3. The Hall–Kier alpha value is -0.288. The fourth-order valence-corrected chi connectivity index (χ4v) is 4.59. The summed E-state index contributed by atoms with van der Waals surface area (Å²) in [4.78, 5) is 28.4. The summed E-state index contributed by atoms with van der Waals surface area (Å²) in [5.41, 5.74) is 4.00. The number of fused-ring (bicyclic) bond motifs is 1. The molecule has 30 heavy (non-hydrogen) atoms. The minimum atomic E-state index is -0.223. The molecule has 0 saturated carbocycles. The molecule has 3 saturated heterocycles. The van der Waals surface area contributed by atoms with Gasteiger partial charge < -0.3 is 22.0 Å². The molecule has 5 rings (SSSR count). The van der Waals surface area contributed by atoms with Crippen LogP contribution in [0.15, 0.2) is 30.9 Å². The number of nitrogens with zero attached hydrogens (tertiary/aromatic N) is 2. The van der Waals surface area contributed by atoms with Gasteiger partial charge in [0.2, 0.25) is 11.8 Å². The molecule has 0 bridgehead atoms. The molecule has 6 nitrogen and oxygen atoms in total. The minimum absolute atomic E-state index is 0. The van der Waals surface area contributed by atoms with E-state index in [9.17, 15) is 9.59 Å². The number of imide groups is 1. The summed E-state index contributed by atoms with van der Waals surface area (Å²) < 4.78 is 5.62. The van der Waals surface area contributed by atoms with Crippen LogP contribution >= 0.6 is 0 Å². The molecule has 1 N–H and O–H groups in total. The zero-order valence-electron chi connectivity index (χ0n) is 18.6. The number of allylic oxidation sites excluding steroid dienone is 1. The van der Waals surface area contributed by atoms with Crippen LogP contribution in [0.5, 0.6) is 0 Å². The fraction of sp³-hybridized carbons (Fsp3) is 0.522. The van der Waals surface area contributed by atoms with Gasteiger partial charge in [0.15, 0.2) is 0 Å². The second-order valence-electron chi connectivity index (χ2n) is 8.05. The maximum atomic E-state index is 12.3. The van der Waals surface area contributed by atoms with Crippen LogP contribution in [0.25, 0.3) is 0 Å². The number of benzene rings is 1. The van der Waals surface area contributed by atoms with Crippen molar-refractivity contribution in [1.29, 1.82) is 0 Å². The van der Waals surface area contributed by atoms with Gasteiger partial charge in [-0.05, 0) is 44.7 Å². The average molecular weight is 531 g/mol. The number of hydrogen-bond acceptors (Lipinski definition) is 5. The number of rotatable bonds is 2. The zero-order valence-corrected chi connectivity index (χ0v) is 24.9. The summed E-state index contributed by atoms with van der Waals surface area (Å²) in [7, 11) is 0. The molecule has 2 amide bonds. The Balaban J connectivity index is 0.000000607. The van der Waals surface area contributed by atoms with Gasteiger partial charge in [-0.15, -0.1) is 6.58 Å². The van der Waals surface area contributed by atoms with Crippen LogP contribution < -0.4 is 84.0 Å². The zero-order chi connectivity index (χ0) is 19.7. The Kier molecular flexibility index (Phi) is 9.55. The van der Waals surface area contributed by atoms with E-state index >= 15 is 0 Å². The summed E-state index contributed by atoms with van der Waals surface area (Å²) >= 11 is 0. The van der Waals surface area contributed by atoms with E-state index in [0.717, 1.165) is 51.2 Å². The van der Waals surface area contributed by atoms with Crippen molar-refractivity contribution >= 4 is 23.2 Å². The van der Waals surface area contributed by atoms with E-state index in [1.807, 2.05) is 6.92 Å². The molecule has 1 aromatic carbocycles. The molecule has 4 heterocycles. The SMILES string of the molecule is C=CC.O=C1CCC(N2CCc3c(N4CCC5(CC4)CO5)cccc32)C(=O)N1.[CH3-].[Cs+]. The standard InChI is InChI=1S/C19H23N3O3.C3H6.CH3.Cs/c23-17-5-4-16(18(24)20-17)22-9-6-13-14(2-1-3-15(13)22)21-10-7-19(8-11-21)12-25-19;1-3-2;;/h1-3,16H,4-12H2,(H,20,23,24);3H,1H2,2H3;1H3;/q;;-1;+1. The molecule has 0 aliphatic carbocycles. The van der Waals surface area contributed by atoms with E-state index in [4.69, 9.17) is 4.74 Å². The molecule has 1 unspecified atom stereocenters. The number of hydrogen-bond donors (Lipinski definition) is 1. The summed E-state index contributed by atoms with van der Waals surface area (Å²) in [6, 6.07) is 6.19. The van der Waals surface area contributed by atoms with Gasteiger partial charge in [-0.3, -0.25) is 14.9 Å². The Morgan fingerprint density at radius 2 is 1.80 bits per heavy atom. The second-order valence-corrected chi connectivity index (χ2v) is 8.05. The first-order valence-corrected chi connectivity index (χ1v) is 10.2. The average Bonchev–Trinajstić information content (AvgIpc) is 3.30. The number of ether oxygens (including phenoxy) is 1. The van der Waals surface area contributed by atoms with Crippen molar-refractivity contribution in [2.75, 3.05) is 36.0 Å². The molecular weight excluding hydrogens is 499 g/mol. The molecular formula is C23H32CsN3O3. The molecule has 0 radical (unpaired) electrons. The molecule has 4 aliphatic rings. The number of epoxide rings is 1. The summed E-state index contributed by atoms with van der Waals surface area (Å²) in [5.74, 6) is -0.306. The Morgan fingerprint density at radius 1 is 1.17 bits per heavy atom. The normalized spacial score (nSPS) is 23.3. The molecule has 1 atom stereocenters. The van der Waals surface area contributed by atoms with Crippen LogP contribution in [0, 0.1) is 7.43 Å². The van der Waals surface area contributed by atoms with Crippen molar-refractivity contribution in [3.63, 3.8) is 0 Å². The van der Waals surface area contributed by atoms with E-state index in [-0.39, 0.29) is 99.8 Å². The Labute approximate surface area is 239 Å². The summed E-state index contributed by atoms with van der Waals surface area (Å²) in [6.07, 6.45) is 5.95. The van der Waals surface area contributed by atoms with Crippen molar-refractivity contribution in [3.05, 3.63) is 43.8 Å². The third kappa shape index (κ3) is 5.36. The number of nitrogens with one attached hydrogen (secondary N) is 1. The van der Waals surface area contributed by atoms with Crippen molar-refractivity contribution in [2.45, 2.75) is 50.7 Å². The number of anilines is 2. The topological polar surface area (TPSA) is 65.2 Å². The predicted molar refractivity (Wildman–Crippen MR) is 116 cm³/mol. The smallest absolute Gasteiger partial charge is 0.371 e. The minimum Gasteiger partial charge on any atom is -0.371 e. The van der Waals surface area contributed by atoms with Gasteiger partial charge in [0.05, 0.1) is 12.2 Å². The van der Waals surface area contributed by atoms with E-state index in [1.165, 1.54) is 11.3 Å². The van der Waals surface area contributed by atoms with Crippen LogP contribution in [0.3, 0.4) is 0 Å². The van der Waals surface area contributed by atoms with E-state index < -0.39 is 0 Å². The van der Waals surface area contributed by atoms with Gasteiger partial charge in [0.1, 0.15) is 6.04 Å². The first-order valence-electron chi connectivity index (χ1n) is 10.2. The molecule has 3 fully saturated rings. The van der Waals surface area contributed by atoms with E-state index in [0.29, 0.717) is 12.8 Å². The Morgan fingerprint density at radius 3 is 2.40 bits per heavy atom. The number of piperidine rings is 2. The molecule has 158 valence electrons. The van der Waals surface area contributed by atoms with Gasteiger partial charge in [0.25, 0.3) is 0 Å². The monoisotopic (exact) mass is 531 g/mol. The molecule has 0 aromatic heterocycles. The van der Waals surface area contributed by atoms with E-state index in [2.05, 4.69) is 39.9 Å². The number of carbonyl (C=O) groups is 2. The fourth-order valence-electron chi connectivity index (χ4n) is 4.59. The van der Waals surface area contributed by atoms with Gasteiger partial charge in [-0.1, -0.05) is 12.1 Å². The van der Waals surface area contributed by atoms with Crippen LogP contribution in [-0.4, -0.2) is 49.7 Å². The predicted octanol–water partition coefficient (Wildman–Crippen LogP) is -0.130. The van der Waals surface area contributed by atoms with Gasteiger partial charge in [-0.25, -0.2) is 0 Å². The third-order valence-electron chi connectivity index (χ3n) is 6.19. The molecule has 7 heteroatoms. The molecule has 1 spiro atoms. The van der Waals surface area contributed by atoms with Gasteiger partial charge in [0, 0.05) is 43.0 Å². The third-order valence-corrected chi connectivity index (χ3v) is 6.19. The summed E-state index contributed by atoms with van der Waals surface area (Å²) in [5, 5.41) is 2.49. The number of amides is 2. The van der Waals surface area contributed by atoms with Crippen LogP contribution in [0.1, 0.15) is 38.2 Å². The molecule has 1 aromatic rings. The van der Waals surface area contributed by atoms with Gasteiger partial charge >= 0.3 is 68.9 Å². The van der Waals surface area contributed by atoms with E-state index in [1.54, 1.807) is 6.08 Å². The van der Waals surface area contributed by atoms with Crippen molar-refractivity contribution in [1.82, 2.24) is 5.32 Å². The first kappa shape index (κ1) is 26.0. The summed E-state index contributed by atoms with van der Waals surface area (Å²) in [6.45, 7) is 9.10. The molecule has 4 aliphatic heterocycles. The van der Waals surface area contributed by atoms with Crippen molar-refractivity contribution < 1.29 is 83.2 Å². The van der Waals surface area contributed by atoms with Gasteiger partial charge in [-0.2, -0.15) is 0 Å². The van der Waals surface area contributed by atoms with Crippen molar-refractivity contribution in [2.24, 2.45) is 0 Å². The van der Waals surface area contributed by atoms with Crippen molar-refractivity contribution in [3.8, 4) is 0 Å².